The van der Waals surface area contributed by atoms with E-state index in [0.29, 0.717) is 17.3 Å². The Balaban J connectivity index is 2.68. The lowest BCUT2D eigenvalue weighted by molar-refractivity contribution is -0.134. The molecule has 0 aromatic heterocycles. The zero-order valence-electron chi connectivity index (χ0n) is 8.21. The molecule has 4 nitrogen and oxygen atoms in total. The Hall–Kier alpha value is -0.340. The molecule has 15 heavy (non-hydrogen) atoms. The quantitative estimate of drug-likeness (QED) is 0.772. The fraction of sp³-hybridized carbons (Fsp3) is 1.00. The van der Waals surface area contributed by atoms with Gasteiger partial charge in [0.15, 0.2) is 0 Å². The zero-order chi connectivity index (χ0) is 11.7. The summed E-state index contributed by atoms with van der Waals surface area (Å²) in [6.45, 7) is -0.667. The summed E-state index contributed by atoms with van der Waals surface area (Å²) in [7, 11) is -2.86. The van der Waals surface area contributed by atoms with Crippen molar-refractivity contribution in [3.8, 4) is 0 Å². The molecule has 90 valence electrons. The predicted octanol–water partition coefficient (Wildman–Crippen LogP) is 0.172. The van der Waals surface area contributed by atoms with Crippen LogP contribution >= 0.6 is 0 Å². The number of hydrogen-bond donors (Lipinski definition) is 1. The van der Waals surface area contributed by atoms with Crippen molar-refractivity contribution < 1.29 is 21.6 Å². The molecule has 0 radical (unpaired) electrons. The minimum Gasteiger partial charge on any atom is -0.315 e. The molecule has 0 saturated carbocycles. The van der Waals surface area contributed by atoms with E-state index in [1.54, 1.807) is 0 Å². The summed E-state index contributed by atoms with van der Waals surface area (Å²) in [5.74, 6) is 0. The van der Waals surface area contributed by atoms with E-state index in [2.05, 4.69) is 5.32 Å². The maximum atomic E-state index is 12.0. The fourth-order valence-corrected chi connectivity index (χ4v) is 3.06. The molecule has 1 N–H and O–H groups in total. The Labute approximate surface area is 86.5 Å². The molecule has 1 heterocycles. The SMILES string of the molecule is CN(CC(F)(F)F)S(=O)(=O)C1CCNC1. The topological polar surface area (TPSA) is 49.4 Å². The largest absolute Gasteiger partial charge is 0.402 e. The molecule has 0 aromatic rings. The van der Waals surface area contributed by atoms with E-state index >= 15 is 0 Å². The number of rotatable bonds is 3. The highest BCUT2D eigenvalue weighted by Gasteiger charge is 2.38. The normalized spacial score (nSPS) is 23.7. The Kier molecular flexibility index (Phi) is 3.62. The second kappa shape index (κ2) is 4.26. The maximum Gasteiger partial charge on any atom is 0.402 e. The van der Waals surface area contributed by atoms with Crippen molar-refractivity contribution in [3.05, 3.63) is 0 Å². The number of nitrogens with one attached hydrogen (secondary N) is 1. The maximum absolute atomic E-state index is 12.0. The standard InChI is InChI=1S/C7H13F3N2O2S/c1-12(5-7(8,9)10)15(13,14)6-2-3-11-4-6/h6,11H,2-5H2,1H3. The molecule has 1 atom stereocenters. The van der Waals surface area contributed by atoms with E-state index in [1.165, 1.54) is 0 Å². The lowest BCUT2D eigenvalue weighted by Gasteiger charge is -2.22. The van der Waals surface area contributed by atoms with Crippen molar-refractivity contribution in [2.75, 3.05) is 26.7 Å². The van der Waals surface area contributed by atoms with Gasteiger partial charge in [-0.3, -0.25) is 0 Å². The molecule has 8 heteroatoms. The van der Waals surface area contributed by atoms with E-state index in [-0.39, 0.29) is 6.54 Å². The molecule has 1 aliphatic rings. The second-order valence-corrected chi connectivity index (χ2v) is 5.85. The molecule has 1 rings (SSSR count). The van der Waals surface area contributed by atoms with Gasteiger partial charge in [-0.2, -0.15) is 17.5 Å². The van der Waals surface area contributed by atoms with E-state index in [1.807, 2.05) is 0 Å². The number of sulfonamides is 1. The minimum atomic E-state index is -4.49. The van der Waals surface area contributed by atoms with Gasteiger partial charge in [-0.05, 0) is 13.0 Å². The summed E-state index contributed by atoms with van der Waals surface area (Å²) in [6.07, 6.45) is -4.13. The Bertz CT molecular complexity index is 309. The van der Waals surface area contributed by atoms with Crippen molar-refractivity contribution in [3.63, 3.8) is 0 Å². The summed E-state index contributed by atoms with van der Waals surface area (Å²) in [5.41, 5.74) is 0. The van der Waals surface area contributed by atoms with Crippen LogP contribution in [-0.4, -0.2) is 50.8 Å². The van der Waals surface area contributed by atoms with Gasteiger partial charge >= 0.3 is 6.18 Å². The molecule has 0 bridgehead atoms. The predicted molar refractivity (Wildman–Crippen MR) is 48.9 cm³/mol. The summed E-state index contributed by atoms with van der Waals surface area (Å²) < 4.78 is 59.6. The Morgan fingerprint density at radius 2 is 2.07 bits per heavy atom. The first-order valence-corrected chi connectivity index (χ1v) is 5.96. The molecule has 0 spiro atoms. The van der Waals surface area contributed by atoms with E-state index in [0.717, 1.165) is 7.05 Å². The summed E-state index contributed by atoms with van der Waals surface area (Å²) in [5, 5.41) is 2.08. The molecule has 1 unspecified atom stereocenters. The highest BCUT2D eigenvalue weighted by molar-refractivity contribution is 7.89. The van der Waals surface area contributed by atoms with Crippen molar-refractivity contribution in [2.24, 2.45) is 0 Å². The summed E-state index contributed by atoms with van der Waals surface area (Å²) >= 11 is 0. The third-order valence-electron chi connectivity index (χ3n) is 2.27. The van der Waals surface area contributed by atoms with E-state index < -0.39 is 28.0 Å². The van der Waals surface area contributed by atoms with Crippen molar-refractivity contribution in [1.82, 2.24) is 9.62 Å². The van der Waals surface area contributed by atoms with Crippen molar-refractivity contribution in [1.29, 1.82) is 0 Å². The van der Waals surface area contributed by atoms with Crippen LogP contribution in [0.4, 0.5) is 13.2 Å². The molecule has 0 aliphatic carbocycles. The van der Waals surface area contributed by atoms with Gasteiger partial charge in [0, 0.05) is 13.6 Å². The van der Waals surface area contributed by atoms with Crippen LogP contribution in [0.5, 0.6) is 0 Å². The lowest BCUT2D eigenvalue weighted by Crippen LogP contribution is -2.42. The third kappa shape index (κ3) is 3.32. The van der Waals surface area contributed by atoms with Gasteiger partial charge < -0.3 is 5.32 Å². The summed E-state index contributed by atoms with van der Waals surface area (Å²) in [6, 6.07) is 0. The van der Waals surface area contributed by atoms with Gasteiger partial charge in [0.2, 0.25) is 10.0 Å². The highest BCUT2D eigenvalue weighted by atomic mass is 32.2. The van der Waals surface area contributed by atoms with Crippen LogP contribution in [0.2, 0.25) is 0 Å². The van der Waals surface area contributed by atoms with Crippen LogP contribution in [0.15, 0.2) is 0 Å². The number of hydrogen-bond acceptors (Lipinski definition) is 3. The van der Waals surface area contributed by atoms with Crippen LogP contribution in [0.25, 0.3) is 0 Å². The van der Waals surface area contributed by atoms with Crippen LogP contribution in [0, 0.1) is 0 Å². The van der Waals surface area contributed by atoms with Gasteiger partial charge in [-0.25, -0.2) is 8.42 Å². The average molecular weight is 246 g/mol. The molecule has 1 saturated heterocycles. The number of nitrogens with zero attached hydrogens (tertiary/aromatic N) is 1. The van der Waals surface area contributed by atoms with E-state index in [9.17, 15) is 21.6 Å². The van der Waals surface area contributed by atoms with Gasteiger partial charge in [0.05, 0.1) is 5.25 Å². The lowest BCUT2D eigenvalue weighted by atomic mass is 10.4. The smallest absolute Gasteiger partial charge is 0.315 e. The first-order valence-electron chi connectivity index (χ1n) is 4.46. The first-order chi connectivity index (χ1) is 6.73. The van der Waals surface area contributed by atoms with Crippen LogP contribution < -0.4 is 5.32 Å². The van der Waals surface area contributed by atoms with Gasteiger partial charge in [0.25, 0.3) is 0 Å². The van der Waals surface area contributed by atoms with Crippen LogP contribution in [-0.2, 0) is 10.0 Å². The molecule has 0 aromatic carbocycles. The first kappa shape index (κ1) is 12.7. The zero-order valence-corrected chi connectivity index (χ0v) is 9.03. The highest BCUT2D eigenvalue weighted by Crippen LogP contribution is 2.20. The molecule has 1 aliphatic heterocycles. The fourth-order valence-electron chi connectivity index (χ4n) is 1.48. The molecular weight excluding hydrogens is 233 g/mol. The van der Waals surface area contributed by atoms with Crippen LogP contribution in [0.3, 0.4) is 0 Å². The van der Waals surface area contributed by atoms with Gasteiger partial charge in [0.1, 0.15) is 6.54 Å². The molecule has 1 fully saturated rings. The molecule has 0 amide bonds. The van der Waals surface area contributed by atoms with Gasteiger partial charge in [-0.1, -0.05) is 0 Å². The monoisotopic (exact) mass is 246 g/mol. The minimum absolute atomic E-state index is 0.227. The second-order valence-electron chi connectivity index (χ2n) is 3.53. The van der Waals surface area contributed by atoms with Crippen LogP contribution in [0.1, 0.15) is 6.42 Å². The van der Waals surface area contributed by atoms with Crippen molar-refractivity contribution in [2.45, 2.75) is 17.8 Å². The Morgan fingerprint density at radius 3 is 2.47 bits per heavy atom. The number of halogens is 3. The molecular formula is C7H13F3N2O2S. The average Bonchev–Trinajstić information content (AvgIpc) is 2.52. The van der Waals surface area contributed by atoms with E-state index in [4.69, 9.17) is 0 Å². The van der Waals surface area contributed by atoms with Gasteiger partial charge in [-0.15, -0.1) is 0 Å². The summed E-state index contributed by atoms with van der Waals surface area (Å²) in [4.78, 5) is 0. The third-order valence-corrected chi connectivity index (χ3v) is 4.52. The number of alkyl halides is 3. The Morgan fingerprint density at radius 1 is 1.47 bits per heavy atom. The van der Waals surface area contributed by atoms with Crippen molar-refractivity contribution >= 4 is 10.0 Å².